The highest BCUT2D eigenvalue weighted by Crippen LogP contribution is 2.31. The number of halogens is 1. The van der Waals surface area contributed by atoms with Crippen molar-refractivity contribution in [3.8, 4) is 17.0 Å². The maximum atomic E-state index is 13.5. The Morgan fingerprint density at radius 2 is 1.93 bits per heavy atom. The smallest absolute Gasteiger partial charge is 0.337 e. The first kappa shape index (κ1) is 19.5. The van der Waals surface area contributed by atoms with E-state index in [1.807, 2.05) is 39.0 Å². The van der Waals surface area contributed by atoms with Gasteiger partial charge in [0.15, 0.2) is 0 Å². The molecule has 0 aliphatic heterocycles. The van der Waals surface area contributed by atoms with Gasteiger partial charge in [-0.05, 0) is 62.7 Å². The van der Waals surface area contributed by atoms with E-state index >= 15 is 0 Å². The van der Waals surface area contributed by atoms with Crippen molar-refractivity contribution in [2.75, 3.05) is 0 Å². The average Bonchev–Trinajstić information content (AvgIpc) is 2.62. The van der Waals surface area contributed by atoms with E-state index in [0.717, 1.165) is 11.1 Å². The Morgan fingerprint density at radius 3 is 2.61 bits per heavy atom. The summed E-state index contributed by atoms with van der Waals surface area (Å²) in [5.41, 5.74) is 3.61. The molecule has 0 atom stereocenters. The molecular formula is C23H22FNO3. The number of benzene rings is 2. The Bertz CT molecular complexity index is 1010. The number of aromatic nitrogens is 1. The highest BCUT2D eigenvalue weighted by molar-refractivity contribution is 5.89. The Labute approximate surface area is 163 Å². The normalized spacial score (nSPS) is 10.9. The Morgan fingerprint density at radius 1 is 1.14 bits per heavy atom. The van der Waals surface area contributed by atoms with Gasteiger partial charge in [-0.25, -0.2) is 9.18 Å². The monoisotopic (exact) mass is 379 g/mol. The van der Waals surface area contributed by atoms with Gasteiger partial charge in [-0.3, -0.25) is 4.98 Å². The first-order valence-corrected chi connectivity index (χ1v) is 9.09. The minimum absolute atomic E-state index is 0.00786. The average molecular weight is 379 g/mol. The molecule has 0 aliphatic rings. The summed E-state index contributed by atoms with van der Waals surface area (Å²) in [5.74, 6) is -0.738. The van der Waals surface area contributed by atoms with Crippen molar-refractivity contribution in [1.29, 1.82) is 0 Å². The van der Waals surface area contributed by atoms with Gasteiger partial charge in [-0.2, -0.15) is 0 Å². The fraction of sp³-hybridized carbons (Fsp3) is 0.217. The van der Waals surface area contributed by atoms with E-state index in [9.17, 15) is 14.3 Å². The van der Waals surface area contributed by atoms with Gasteiger partial charge >= 0.3 is 5.97 Å². The minimum atomic E-state index is -1.06. The molecule has 0 radical (unpaired) electrons. The van der Waals surface area contributed by atoms with Crippen LogP contribution in [0.3, 0.4) is 0 Å². The largest absolute Gasteiger partial charge is 0.490 e. The van der Waals surface area contributed by atoms with Crippen LogP contribution in [-0.2, 0) is 6.42 Å². The quantitative estimate of drug-likeness (QED) is 0.634. The third-order valence-electron chi connectivity index (χ3n) is 4.24. The molecule has 1 N–H and O–H groups in total. The second kappa shape index (κ2) is 8.21. The summed E-state index contributed by atoms with van der Waals surface area (Å²) in [5, 5.41) is 9.54. The van der Waals surface area contributed by atoms with Gasteiger partial charge in [-0.1, -0.05) is 23.8 Å². The van der Waals surface area contributed by atoms with Crippen molar-refractivity contribution >= 4 is 5.97 Å². The minimum Gasteiger partial charge on any atom is -0.490 e. The molecular weight excluding hydrogens is 357 g/mol. The maximum Gasteiger partial charge on any atom is 0.337 e. The molecule has 5 heteroatoms. The molecule has 0 aliphatic carbocycles. The summed E-state index contributed by atoms with van der Waals surface area (Å²) in [4.78, 5) is 16.3. The highest BCUT2D eigenvalue weighted by atomic mass is 19.1. The van der Waals surface area contributed by atoms with Crippen molar-refractivity contribution in [1.82, 2.24) is 4.98 Å². The first-order valence-electron chi connectivity index (χ1n) is 9.09. The van der Waals surface area contributed by atoms with Crippen molar-refractivity contribution < 1.29 is 19.0 Å². The summed E-state index contributed by atoms with van der Waals surface area (Å²) in [6.07, 6.45) is 0.214. The van der Waals surface area contributed by atoms with Crippen LogP contribution in [0.2, 0.25) is 0 Å². The molecule has 0 amide bonds. The highest BCUT2D eigenvalue weighted by Gasteiger charge is 2.16. The molecule has 1 heterocycles. The van der Waals surface area contributed by atoms with Crippen molar-refractivity contribution in [3.63, 3.8) is 0 Å². The molecule has 3 aromatic rings. The van der Waals surface area contributed by atoms with E-state index in [-0.39, 0.29) is 23.9 Å². The van der Waals surface area contributed by atoms with Crippen LogP contribution in [0.4, 0.5) is 4.39 Å². The number of aromatic carboxylic acids is 1. The Kier molecular flexibility index (Phi) is 5.73. The number of carboxylic acid groups (broad SMARTS) is 1. The molecule has 0 saturated heterocycles. The van der Waals surface area contributed by atoms with Gasteiger partial charge in [0.2, 0.25) is 0 Å². The summed E-state index contributed by atoms with van der Waals surface area (Å²) in [7, 11) is 0. The van der Waals surface area contributed by atoms with Crippen LogP contribution < -0.4 is 4.74 Å². The maximum absolute atomic E-state index is 13.5. The van der Waals surface area contributed by atoms with Gasteiger partial charge in [0.25, 0.3) is 0 Å². The lowest BCUT2D eigenvalue weighted by molar-refractivity contribution is 0.0695. The van der Waals surface area contributed by atoms with Crippen LogP contribution in [0.25, 0.3) is 11.3 Å². The van der Waals surface area contributed by atoms with Gasteiger partial charge in [-0.15, -0.1) is 0 Å². The molecule has 0 unspecified atom stereocenters. The fourth-order valence-electron chi connectivity index (χ4n) is 3.02. The Balaban J connectivity index is 2.09. The number of rotatable bonds is 6. The lowest BCUT2D eigenvalue weighted by atomic mass is 10.0. The van der Waals surface area contributed by atoms with Gasteiger partial charge < -0.3 is 9.84 Å². The summed E-state index contributed by atoms with van der Waals surface area (Å²) < 4.78 is 19.4. The zero-order chi connectivity index (χ0) is 20.3. The molecule has 0 bridgehead atoms. The number of pyridine rings is 1. The predicted octanol–water partition coefficient (Wildman–Crippen LogP) is 5.27. The standard InChI is InChI=1S/C23H22FNO3/c1-14(2)28-22-10-7-15(3)11-19(22)20-9-8-18(23(26)27)21(25-20)13-16-5-4-6-17(24)12-16/h4-12,14H,13H2,1-3H3,(H,26,27). The van der Waals surface area contributed by atoms with Crippen LogP contribution >= 0.6 is 0 Å². The van der Waals surface area contributed by atoms with Crippen LogP contribution in [-0.4, -0.2) is 22.2 Å². The molecule has 1 aromatic heterocycles. The lowest BCUT2D eigenvalue weighted by Gasteiger charge is -2.16. The summed E-state index contributed by atoms with van der Waals surface area (Å²) >= 11 is 0. The third kappa shape index (κ3) is 4.55. The molecule has 0 saturated carbocycles. The predicted molar refractivity (Wildman–Crippen MR) is 106 cm³/mol. The molecule has 0 fully saturated rings. The third-order valence-corrected chi connectivity index (χ3v) is 4.24. The van der Waals surface area contributed by atoms with E-state index in [4.69, 9.17) is 4.74 Å². The lowest BCUT2D eigenvalue weighted by Crippen LogP contribution is -2.09. The molecule has 2 aromatic carbocycles. The zero-order valence-electron chi connectivity index (χ0n) is 16.1. The van der Waals surface area contributed by atoms with Crippen molar-refractivity contribution in [2.45, 2.75) is 33.3 Å². The van der Waals surface area contributed by atoms with Gasteiger partial charge in [0.05, 0.1) is 23.1 Å². The zero-order valence-corrected chi connectivity index (χ0v) is 16.1. The van der Waals surface area contributed by atoms with Gasteiger partial charge in [0.1, 0.15) is 11.6 Å². The van der Waals surface area contributed by atoms with Crippen LogP contribution in [0.15, 0.2) is 54.6 Å². The van der Waals surface area contributed by atoms with Gasteiger partial charge in [0, 0.05) is 12.0 Å². The van der Waals surface area contributed by atoms with Crippen LogP contribution in [0.1, 0.15) is 41.0 Å². The second-order valence-electron chi connectivity index (χ2n) is 6.97. The number of aryl methyl sites for hydroxylation is 1. The summed E-state index contributed by atoms with van der Waals surface area (Å²) in [6.45, 7) is 5.86. The molecule has 144 valence electrons. The topological polar surface area (TPSA) is 59.4 Å². The fourth-order valence-corrected chi connectivity index (χ4v) is 3.02. The Hall–Kier alpha value is -3.21. The number of hydrogen-bond acceptors (Lipinski definition) is 3. The molecule has 0 spiro atoms. The molecule has 28 heavy (non-hydrogen) atoms. The van der Waals surface area contributed by atoms with E-state index in [0.29, 0.717) is 22.7 Å². The van der Waals surface area contributed by atoms with E-state index in [1.165, 1.54) is 12.1 Å². The SMILES string of the molecule is Cc1ccc(OC(C)C)c(-c2ccc(C(=O)O)c(Cc3cccc(F)c3)n2)c1. The number of nitrogens with zero attached hydrogens (tertiary/aromatic N) is 1. The first-order chi connectivity index (χ1) is 13.3. The van der Waals surface area contributed by atoms with Crippen molar-refractivity contribution in [3.05, 3.63) is 82.8 Å². The van der Waals surface area contributed by atoms with E-state index in [2.05, 4.69) is 4.98 Å². The van der Waals surface area contributed by atoms with Crippen LogP contribution in [0, 0.1) is 12.7 Å². The van der Waals surface area contributed by atoms with E-state index < -0.39 is 5.97 Å². The van der Waals surface area contributed by atoms with E-state index in [1.54, 1.807) is 24.3 Å². The number of hydrogen-bond donors (Lipinski definition) is 1. The number of carboxylic acids is 1. The molecule has 3 rings (SSSR count). The molecule has 4 nitrogen and oxygen atoms in total. The number of carbonyl (C=O) groups is 1. The second-order valence-corrected chi connectivity index (χ2v) is 6.97. The summed E-state index contributed by atoms with van der Waals surface area (Å²) in [6, 6.07) is 15.1. The van der Waals surface area contributed by atoms with Crippen molar-refractivity contribution in [2.24, 2.45) is 0 Å². The van der Waals surface area contributed by atoms with Crippen LogP contribution in [0.5, 0.6) is 5.75 Å². The number of ether oxygens (including phenoxy) is 1.